The number of nitrogens with zero attached hydrogens (tertiary/aromatic N) is 1. The number of benzene rings is 1. The zero-order chi connectivity index (χ0) is 26.2. The minimum atomic E-state index is -0.374. The van der Waals surface area contributed by atoms with Gasteiger partial charge in [0.25, 0.3) is 0 Å². The number of hydrogen-bond acceptors (Lipinski definition) is 5. The van der Waals surface area contributed by atoms with E-state index in [1.165, 1.54) is 12.1 Å². The summed E-state index contributed by atoms with van der Waals surface area (Å²) in [5.74, 6) is 0.144. The summed E-state index contributed by atoms with van der Waals surface area (Å²) in [5, 5.41) is 3.02. The van der Waals surface area contributed by atoms with Gasteiger partial charge in [0.2, 0.25) is 0 Å². The summed E-state index contributed by atoms with van der Waals surface area (Å²) < 4.78 is 24.5. The maximum absolute atomic E-state index is 13.6. The SMILES string of the molecule is CCOC(=O)N[C@H]1CC[C@@H]2[C@H](/C=C/c3ccc(-c4cccc(F)c4)cn3)[C@@H]3[C@@H](C)OC(=O)[C@@H]3C[C@]2(C)C1. The molecule has 2 aromatic rings. The van der Waals surface area contributed by atoms with Gasteiger partial charge in [-0.25, -0.2) is 9.18 Å². The van der Waals surface area contributed by atoms with Gasteiger partial charge < -0.3 is 14.8 Å². The molecular weight excluding hydrogens is 471 g/mol. The Morgan fingerprint density at radius 1 is 1.24 bits per heavy atom. The van der Waals surface area contributed by atoms with E-state index in [0.717, 1.165) is 42.5 Å². The van der Waals surface area contributed by atoms with Crippen molar-refractivity contribution in [2.45, 2.75) is 58.6 Å². The van der Waals surface area contributed by atoms with E-state index in [1.54, 1.807) is 19.2 Å². The van der Waals surface area contributed by atoms with Crippen molar-refractivity contribution in [1.29, 1.82) is 0 Å². The molecule has 1 saturated heterocycles. The van der Waals surface area contributed by atoms with E-state index in [-0.39, 0.29) is 53.2 Å². The Balaban J connectivity index is 1.38. The number of rotatable bonds is 5. The third kappa shape index (κ3) is 5.13. The summed E-state index contributed by atoms with van der Waals surface area (Å²) >= 11 is 0. The van der Waals surface area contributed by atoms with Crippen LogP contribution in [0.2, 0.25) is 0 Å². The fraction of sp³-hybridized carbons (Fsp3) is 0.500. The Labute approximate surface area is 217 Å². The van der Waals surface area contributed by atoms with Crippen molar-refractivity contribution in [2.75, 3.05) is 6.61 Å². The van der Waals surface area contributed by atoms with Gasteiger partial charge in [-0.15, -0.1) is 0 Å². The van der Waals surface area contributed by atoms with Crippen LogP contribution in [0.25, 0.3) is 17.2 Å². The van der Waals surface area contributed by atoms with E-state index in [9.17, 15) is 14.0 Å². The lowest BCUT2D eigenvalue weighted by Gasteiger charge is -2.54. The predicted molar refractivity (Wildman–Crippen MR) is 139 cm³/mol. The molecule has 2 saturated carbocycles. The molecule has 7 heteroatoms. The molecule has 7 atom stereocenters. The molecule has 0 radical (unpaired) electrons. The number of aromatic nitrogens is 1. The van der Waals surface area contributed by atoms with Crippen molar-refractivity contribution in [2.24, 2.45) is 29.1 Å². The fourth-order valence-electron chi connectivity index (χ4n) is 7.12. The van der Waals surface area contributed by atoms with Crippen LogP contribution < -0.4 is 5.32 Å². The molecule has 3 fully saturated rings. The number of allylic oxidation sites excluding steroid dienone is 1. The van der Waals surface area contributed by atoms with Crippen LogP contribution in [0.5, 0.6) is 0 Å². The van der Waals surface area contributed by atoms with Crippen molar-refractivity contribution in [3.05, 3.63) is 60.2 Å². The van der Waals surface area contributed by atoms with E-state index >= 15 is 0 Å². The Bertz CT molecular complexity index is 1180. The fourth-order valence-corrected chi connectivity index (χ4v) is 7.12. The number of esters is 1. The number of nitrogens with one attached hydrogen (secondary N) is 1. The van der Waals surface area contributed by atoms with Crippen LogP contribution >= 0.6 is 0 Å². The first kappa shape index (κ1) is 25.4. The van der Waals surface area contributed by atoms with Crippen LogP contribution in [0.3, 0.4) is 0 Å². The molecule has 1 amide bonds. The number of alkyl carbamates (subject to hydrolysis) is 1. The third-order valence-corrected chi connectivity index (χ3v) is 8.67. The molecule has 3 aliphatic rings. The van der Waals surface area contributed by atoms with E-state index < -0.39 is 0 Å². The number of fused-ring (bicyclic) bond motifs is 2. The summed E-state index contributed by atoms with van der Waals surface area (Å²) in [6.07, 6.45) is 8.95. The number of hydrogen-bond donors (Lipinski definition) is 1. The van der Waals surface area contributed by atoms with Crippen LogP contribution in [0.15, 0.2) is 48.7 Å². The highest BCUT2D eigenvalue weighted by atomic mass is 19.1. The molecule has 37 heavy (non-hydrogen) atoms. The first-order valence-corrected chi connectivity index (χ1v) is 13.3. The zero-order valence-corrected chi connectivity index (χ0v) is 21.7. The van der Waals surface area contributed by atoms with Gasteiger partial charge in [0.1, 0.15) is 11.9 Å². The Morgan fingerprint density at radius 3 is 2.81 bits per heavy atom. The first-order chi connectivity index (χ1) is 17.8. The molecular formula is C30H35FN2O4. The standard InChI is InChI=1S/C30H35FN2O4/c1-4-36-29(35)33-23-11-13-26-24(27-18(2)37-28(34)25(27)16-30(26,3)15-23)12-10-22-9-8-20(17-32-22)19-6-5-7-21(31)14-19/h5-10,12,14,17-18,23-27H,4,11,13,15-16H2,1-3H3,(H,33,35)/b12-10+/t18-,23+,24+,25-,26-,27+,30+/m1/s1. The number of carbonyl (C=O) groups is 2. The lowest BCUT2D eigenvalue weighted by molar-refractivity contribution is -0.145. The molecule has 1 N–H and O–H groups in total. The van der Waals surface area contributed by atoms with E-state index in [1.807, 2.05) is 31.2 Å². The van der Waals surface area contributed by atoms with Crippen LogP contribution in [-0.4, -0.2) is 35.8 Å². The van der Waals surface area contributed by atoms with Crippen molar-refractivity contribution in [3.8, 4) is 11.1 Å². The Hall–Kier alpha value is -3.22. The summed E-state index contributed by atoms with van der Waals surface area (Å²) in [4.78, 5) is 29.5. The molecule has 2 heterocycles. The second-order valence-electron chi connectivity index (χ2n) is 11.1. The summed E-state index contributed by atoms with van der Waals surface area (Å²) in [6.45, 7) is 6.41. The second kappa shape index (κ2) is 10.3. The zero-order valence-electron chi connectivity index (χ0n) is 21.7. The number of cyclic esters (lactones) is 1. The lowest BCUT2D eigenvalue weighted by Crippen LogP contribution is -2.53. The second-order valence-corrected chi connectivity index (χ2v) is 11.1. The predicted octanol–water partition coefficient (Wildman–Crippen LogP) is 6.02. The van der Waals surface area contributed by atoms with Gasteiger partial charge in [0.05, 0.1) is 18.2 Å². The minimum Gasteiger partial charge on any atom is -0.462 e. The summed E-state index contributed by atoms with van der Waals surface area (Å²) in [6, 6.07) is 10.4. The Morgan fingerprint density at radius 2 is 2.08 bits per heavy atom. The summed E-state index contributed by atoms with van der Waals surface area (Å²) in [5.41, 5.74) is 2.37. The number of amides is 1. The van der Waals surface area contributed by atoms with Gasteiger partial charge >= 0.3 is 12.1 Å². The molecule has 196 valence electrons. The largest absolute Gasteiger partial charge is 0.462 e. The van der Waals surface area contributed by atoms with Crippen molar-refractivity contribution < 1.29 is 23.5 Å². The van der Waals surface area contributed by atoms with Gasteiger partial charge in [-0.2, -0.15) is 0 Å². The molecule has 0 bridgehead atoms. The first-order valence-electron chi connectivity index (χ1n) is 13.3. The molecule has 0 spiro atoms. The molecule has 1 aromatic heterocycles. The monoisotopic (exact) mass is 506 g/mol. The minimum absolute atomic E-state index is 0.0355. The third-order valence-electron chi connectivity index (χ3n) is 8.67. The van der Waals surface area contributed by atoms with Crippen LogP contribution in [-0.2, 0) is 14.3 Å². The van der Waals surface area contributed by atoms with Gasteiger partial charge in [0.15, 0.2) is 0 Å². The quantitative estimate of drug-likeness (QED) is 0.502. The smallest absolute Gasteiger partial charge is 0.407 e. The van der Waals surface area contributed by atoms with Crippen molar-refractivity contribution >= 4 is 18.1 Å². The average molecular weight is 507 g/mol. The van der Waals surface area contributed by atoms with Gasteiger partial charge in [-0.1, -0.05) is 31.2 Å². The molecule has 1 aliphatic heterocycles. The van der Waals surface area contributed by atoms with Crippen molar-refractivity contribution in [1.82, 2.24) is 10.3 Å². The maximum atomic E-state index is 13.6. The van der Waals surface area contributed by atoms with Crippen LogP contribution in [0, 0.1) is 34.9 Å². The van der Waals surface area contributed by atoms with E-state index in [4.69, 9.17) is 9.47 Å². The highest BCUT2D eigenvalue weighted by Crippen LogP contribution is 2.59. The van der Waals surface area contributed by atoms with E-state index in [0.29, 0.717) is 12.5 Å². The molecule has 0 unspecified atom stereocenters. The topological polar surface area (TPSA) is 77.5 Å². The number of pyridine rings is 1. The van der Waals surface area contributed by atoms with Gasteiger partial charge in [-0.3, -0.25) is 9.78 Å². The van der Waals surface area contributed by atoms with Gasteiger partial charge in [0, 0.05) is 23.7 Å². The molecule has 1 aromatic carbocycles. The highest BCUT2D eigenvalue weighted by Gasteiger charge is 2.58. The maximum Gasteiger partial charge on any atom is 0.407 e. The summed E-state index contributed by atoms with van der Waals surface area (Å²) in [7, 11) is 0. The molecule has 2 aliphatic carbocycles. The van der Waals surface area contributed by atoms with Crippen LogP contribution in [0.1, 0.15) is 52.1 Å². The van der Waals surface area contributed by atoms with Crippen LogP contribution in [0.4, 0.5) is 9.18 Å². The van der Waals surface area contributed by atoms with E-state index in [2.05, 4.69) is 23.3 Å². The number of ether oxygens (including phenoxy) is 2. The lowest BCUT2D eigenvalue weighted by atomic mass is 9.50. The normalized spacial score (nSPS) is 32.9. The Kier molecular flexibility index (Phi) is 7.06. The van der Waals surface area contributed by atoms with Gasteiger partial charge in [-0.05, 0) is 86.6 Å². The average Bonchev–Trinajstić information content (AvgIpc) is 3.14. The van der Waals surface area contributed by atoms with Crippen molar-refractivity contribution in [3.63, 3.8) is 0 Å². The number of carbonyl (C=O) groups excluding carboxylic acids is 2. The molecule has 6 nitrogen and oxygen atoms in total. The highest BCUT2D eigenvalue weighted by molar-refractivity contribution is 5.76. The molecule has 5 rings (SSSR count). The number of halogens is 1.